The van der Waals surface area contributed by atoms with Crippen molar-refractivity contribution in [2.45, 2.75) is 309 Å². The molecule has 0 fully saturated rings. The Bertz CT molecular complexity index is 1190. The minimum atomic E-state index is -0.801. The zero-order valence-corrected chi connectivity index (χ0v) is 44.5. The first-order valence-electron chi connectivity index (χ1n) is 29.1. The summed E-state index contributed by atoms with van der Waals surface area (Å²) < 4.78 is 5.94. The van der Waals surface area contributed by atoms with E-state index in [1.54, 1.807) is 0 Å². The molecule has 67 heavy (non-hydrogen) atoms. The Morgan fingerprint density at radius 1 is 0.433 bits per heavy atom. The van der Waals surface area contributed by atoms with E-state index in [-0.39, 0.29) is 24.9 Å². The highest BCUT2D eigenvalue weighted by Crippen LogP contribution is 2.18. The molecule has 0 radical (unpaired) electrons. The summed E-state index contributed by atoms with van der Waals surface area (Å²) in [5, 5.41) is 23.9. The van der Waals surface area contributed by atoms with Crippen molar-refractivity contribution in [3.05, 3.63) is 60.8 Å². The number of amides is 1. The average molecular weight is 939 g/mol. The molecule has 0 heterocycles. The van der Waals surface area contributed by atoms with Crippen LogP contribution < -0.4 is 5.32 Å². The summed E-state index contributed by atoms with van der Waals surface area (Å²) in [5.74, 6) is -0.510. The molecule has 0 aliphatic heterocycles. The molecular weight excluding hydrogens is 827 g/mol. The van der Waals surface area contributed by atoms with Crippen LogP contribution in [0.1, 0.15) is 290 Å². The third-order valence-electron chi connectivity index (χ3n) is 13.2. The highest BCUT2D eigenvalue weighted by atomic mass is 16.5. The minimum absolute atomic E-state index is 0.0499. The first-order chi connectivity index (χ1) is 33.0. The van der Waals surface area contributed by atoms with Gasteiger partial charge < -0.3 is 20.3 Å². The van der Waals surface area contributed by atoms with Crippen LogP contribution in [0.25, 0.3) is 0 Å². The fourth-order valence-corrected chi connectivity index (χ4v) is 8.73. The van der Waals surface area contributed by atoms with Gasteiger partial charge in [0.2, 0.25) is 5.91 Å². The van der Waals surface area contributed by atoms with Crippen LogP contribution >= 0.6 is 0 Å². The second kappa shape index (κ2) is 54.5. The van der Waals surface area contributed by atoms with Crippen molar-refractivity contribution in [1.29, 1.82) is 0 Å². The predicted octanol–water partition coefficient (Wildman–Crippen LogP) is 18.0. The SMILES string of the molecule is CCCCC/C=C/C=C/C=C/C=C/CCCCCC(CC(=O)NC(CO)C(O)CCCCCCCCCCCCCCCCC)OC(=O)CCCCCCCCC/C=C/CCCCCCCC. The molecule has 0 aliphatic rings. The largest absolute Gasteiger partial charge is 0.462 e. The van der Waals surface area contributed by atoms with Crippen LogP contribution in [0.4, 0.5) is 0 Å². The molecule has 0 saturated heterocycles. The summed E-state index contributed by atoms with van der Waals surface area (Å²) in [4.78, 5) is 26.3. The number of aliphatic hydroxyl groups is 2. The number of ether oxygens (including phenoxy) is 1. The fourth-order valence-electron chi connectivity index (χ4n) is 8.73. The molecule has 3 unspecified atom stereocenters. The van der Waals surface area contributed by atoms with Gasteiger partial charge in [-0.05, 0) is 77.0 Å². The monoisotopic (exact) mass is 938 g/mol. The topological polar surface area (TPSA) is 95.9 Å². The van der Waals surface area contributed by atoms with Crippen molar-refractivity contribution in [2.75, 3.05) is 6.61 Å². The van der Waals surface area contributed by atoms with Crippen molar-refractivity contribution in [3.63, 3.8) is 0 Å². The van der Waals surface area contributed by atoms with Gasteiger partial charge >= 0.3 is 5.97 Å². The highest BCUT2D eigenvalue weighted by Gasteiger charge is 2.24. The molecule has 1 amide bonds. The molecule has 0 aromatic rings. The first kappa shape index (κ1) is 64.6. The minimum Gasteiger partial charge on any atom is -0.462 e. The summed E-state index contributed by atoms with van der Waals surface area (Å²) >= 11 is 0. The Labute approximate surface area is 416 Å². The van der Waals surface area contributed by atoms with Crippen LogP contribution in [-0.4, -0.2) is 46.9 Å². The van der Waals surface area contributed by atoms with E-state index in [4.69, 9.17) is 4.74 Å². The molecule has 0 aromatic carbocycles. The normalized spacial score (nSPS) is 13.6. The fraction of sp³-hybridized carbons (Fsp3) is 0.803. The summed E-state index contributed by atoms with van der Waals surface area (Å²) in [6.45, 7) is 6.45. The second-order valence-electron chi connectivity index (χ2n) is 19.8. The number of nitrogens with one attached hydrogen (secondary N) is 1. The van der Waals surface area contributed by atoms with Crippen LogP contribution in [0, 0.1) is 0 Å². The third-order valence-corrected chi connectivity index (χ3v) is 13.2. The number of esters is 1. The maximum atomic E-state index is 13.3. The number of carbonyl (C=O) groups is 2. The Morgan fingerprint density at radius 3 is 1.24 bits per heavy atom. The van der Waals surface area contributed by atoms with Gasteiger partial charge in [0, 0.05) is 6.42 Å². The van der Waals surface area contributed by atoms with Gasteiger partial charge in [-0.25, -0.2) is 0 Å². The van der Waals surface area contributed by atoms with E-state index in [1.807, 2.05) is 0 Å². The molecule has 0 aliphatic carbocycles. The zero-order valence-electron chi connectivity index (χ0n) is 44.5. The van der Waals surface area contributed by atoms with Gasteiger partial charge in [0.15, 0.2) is 0 Å². The lowest BCUT2D eigenvalue weighted by Crippen LogP contribution is -2.46. The maximum absolute atomic E-state index is 13.3. The molecule has 3 atom stereocenters. The molecule has 3 N–H and O–H groups in total. The Balaban J connectivity index is 4.63. The van der Waals surface area contributed by atoms with Crippen molar-refractivity contribution in [1.82, 2.24) is 5.32 Å². The van der Waals surface area contributed by atoms with Gasteiger partial charge in [-0.2, -0.15) is 0 Å². The van der Waals surface area contributed by atoms with Crippen LogP contribution in [-0.2, 0) is 14.3 Å². The van der Waals surface area contributed by atoms with E-state index in [2.05, 4.69) is 86.8 Å². The molecule has 0 aromatic heterocycles. The van der Waals surface area contributed by atoms with E-state index in [0.717, 1.165) is 70.6 Å². The van der Waals surface area contributed by atoms with Gasteiger partial charge in [-0.3, -0.25) is 9.59 Å². The van der Waals surface area contributed by atoms with Gasteiger partial charge in [0.25, 0.3) is 0 Å². The highest BCUT2D eigenvalue weighted by molar-refractivity contribution is 5.77. The number of hydrogen-bond acceptors (Lipinski definition) is 5. The Hall–Kier alpha value is -2.44. The lowest BCUT2D eigenvalue weighted by Gasteiger charge is -2.24. The molecule has 6 heteroatoms. The Morgan fingerprint density at radius 2 is 0.776 bits per heavy atom. The zero-order chi connectivity index (χ0) is 48.8. The predicted molar refractivity (Wildman–Crippen MR) is 292 cm³/mol. The van der Waals surface area contributed by atoms with Crippen LogP contribution in [0.2, 0.25) is 0 Å². The van der Waals surface area contributed by atoms with E-state index in [0.29, 0.717) is 19.3 Å². The van der Waals surface area contributed by atoms with Crippen LogP contribution in [0.15, 0.2) is 60.8 Å². The quantitative estimate of drug-likeness (QED) is 0.0244. The van der Waals surface area contributed by atoms with E-state index in [1.165, 1.54) is 173 Å². The molecule has 0 bridgehead atoms. The van der Waals surface area contributed by atoms with E-state index < -0.39 is 18.2 Å². The number of rotatable bonds is 52. The van der Waals surface area contributed by atoms with Crippen molar-refractivity contribution >= 4 is 11.9 Å². The van der Waals surface area contributed by atoms with Gasteiger partial charge in [0.05, 0.1) is 25.2 Å². The maximum Gasteiger partial charge on any atom is 0.306 e. The Kier molecular flexibility index (Phi) is 52.5. The second-order valence-corrected chi connectivity index (χ2v) is 19.8. The van der Waals surface area contributed by atoms with Crippen molar-refractivity contribution < 1.29 is 24.5 Å². The number of allylic oxidation sites excluding steroid dienone is 10. The summed E-state index contributed by atoms with van der Waals surface area (Å²) in [6.07, 6.45) is 68.5. The van der Waals surface area contributed by atoms with Crippen molar-refractivity contribution in [3.8, 4) is 0 Å². The molecule has 390 valence electrons. The molecule has 0 saturated carbocycles. The van der Waals surface area contributed by atoms with Crippen LogP contribution in [0.5, 0.6) is 0 Å². The molecular formula is C61H111NO5. The smallest absolute Gasteiger partial charge is 0.306 e. The van der Waals surface area contributed by atoms with Crippen LogP contribution in [0.3, 0.4) is 0 Å². The summed E-state index contributed by atoms with van der Waals surface area (Å²) in [5.41, 5.74) is 0. The summed E-state index contributed by atoms with van der Waals surface area (Å²) in [6, 6.07) is -0.717. The average Bonchev–Trinajstić information content (AvgIpc) is 3.32. The van der Waals surface area contributed by atoms with Gasteiger partial charge in [0.1, 0.15) is 6.10 Å². The first-order valence-corrected chi connectivity index (χ1v) is 29.1. The van der Waals surface area contributed by atoms with E-state index in [9.17, 15) is 19.8 Å². The number of hydrogen-bond donors (Lipinski definition) is 3. The van der Waals surface area contributed by atoms with Gasteiger partial charge in [-0.1, -0.05) is 261 Å². The molecule has 6 nitrogen and oxygen atoms in total. The lowest BCUT2D eigenvalue weighted by molar-refractivity contribution is -0.151. The standard InChI is InChI=1S/C61H111NO5/c1-4-7-10-13-16-19-22-25-28-30-33-36-39-42-45-48-51-54-61(66)67-57(52-49-46-43-40-37-34-32-29-26-23-20-17-14-11-8-5-2)55-60(65)62-58(56-63)59(64)53-50-47-44-41-38-35-31-27-24-21-18-15-12-9-6-3/h17,20,23,25-26,28-29,32,34,37,57-59,63-64H,4-16,18-19,21-22,24,27,30-31,33,35-36,38-56H2,1-3H3,(H,62,65)/b20-17+,26-23+,28-25+,32-29+,37-34+. The molecule has 0 spiro atoms. The number of unbranched alkanes of at least 4 members (excludes halogenated alkanes) is 33. The van der Waals surface area contributed by atoms with E-state index >= 15 is 0 Å². The lowest BCUT2D eigenvalue weighted by atomic mass is 10.0. The molecule has 0 rings (SSSR count). The van der Waals surface area contributed by atoms with Gasteiger partial charge in [-0.15, -0.1) is 0 Å². The van der Waals surface area contributed by atoms with Crippen molar-refractivity contribution in [2.24, 2.45) is 0 Å². The summed E-state index contributed by atoms with van der Waals surface area (Å²) in [7, 11) is 0. The number of carbonyl (C=O) groups excluding carboxylic acids is 2. The number of aliphatic hydroxyl groups excluding tert-OH is 2. The third kappa shape index (κ3) is 49.8.